The number of carboxylic acids is 1. The molecule has 0 atom stereocenters. The van der Waals surface area contributed by atoms with E-state index in [1.54, 1.807) is 19.2 Å². The lowest BCUT2D eigenvalue weighted by Crippen LogP contribution is -1.96. The van der Waals surface area contributed by atoms with E-state index in [4.69, 9.17) is 21.4 Å². The fourth-order valence-electron chi connectivity index (χ4n) is 1.75. The molecule has 0 bridgehead atoms. The molecule has 0 heterocycles. The molecule has 0 saturated heterocycles. The fraction of sp³-hybridized carbons (Fsp3) is 0.133. The largest absolute Gasteiger partial charge is 0.496 e. The third kappa shape index (κ3) is 3.68. The zero-order chi connectivity index (χ0) is 14.5. The number of para-hydroxylation sites is 1. The summed E-state index contributed by atoms with van der Waals surface area (Å²) in [6, 6.07) is 12.6. The molecule has 3 nitrogen and oxygen atoms in total. The normalized spacial score (nSPS) is 10.3. The standard InChI is InChI=1S/C15H13ClO3S/c1-19-14-5-3-2-4-10(14)9-20-13-7-11(15(17)18)6-12(16)8-13/h2-8H,9H2,1H3,(H,17,18). The minimum Gasteiger partial charge on any atom is -0.496 e. The topological polar surface area (TPSA) is 46.5 Å². The van der Waals surface area contributed by atoms with Crippen molar-refractivity contribution in [3.8, 4) is 5.75 Å². The molecule has 2 rings (SSSR count). The number of carboxylic acid groups (broad SMARTS) is 1. The molecule has 0 aliphatic carbocycles. The number of methoxy groups -OCH3 is 1. The number of benzene rings is 2. The van der Waals surface area contributed by atoms with Gasteiger partial charge in [-0.3, -0.25) is 0 Å². The average Bonchev–Trinajstić information content (AvgIpc) is 2.44. The first-order valence-electron chi connectivity index (χ1n) is 5.88. The van der Waals surface area contributed by atoms with Gasteiger partial charge in [0, 0.05) is 21.2 Å². The van der Waals surface area contributed by atoms with Gasteiger partial charge in [-0.25, -0.2) is 4.79 Å². The molecule has 0 spiro atoms. The van der Waals surface area contributed by atoms with Crippen LogP contribution in [-0.2, 0) is 5.75 Å². The summed E-state index contributed by atoms with van der Waals surface area (Å²) in [5.41, 5.74) is 1.25. The maximum absolute atomic E-state index is 11.0. The van der Waals surface area contributed by atoms with Crippen molar-refractivity contribution in [1.82, 2.24) is 0 Å². The zero-order valence-corrected chi connectivity index (χ0v) is 12.4. The molecule has 20 heavy (non-hydrogen) atoms. The van der Waals surface area contributed by atoms with Gasteiger partial charge >= 0.3 is 5.97 Å². The SMILES string of the molecule is COc1ccccc1CSc1cc(Cl)cc(C(=O)O)c1. The van der Waals surface area contributed by atoms with Crippen molar-refractivity contribution in [3.63, 3.8) is 0 Å². The molecule has 0 aliphatic heterocycles. The van der Waals surface area contributed by atoms with Crippen molar-refractivity contribution in [2.24, 2.45) is 0 Å². The lowest BCUT2D eigenvalue weighted by atomic mass is 10.2. The summed E-state index contributed by atoms with van der Waals surface area (Å²) in [7, 11) is 1.63. The molecule has 0 aromatic heterocycles. The Balaban J connectivity index is 2.16. The van der Waals surface area contributed by atoms with Crippen LogP contribution in [-0.4, -0.2) is 18.2 Å². The first-order chi connectivity index (χ1) is 9.60. The van der Waals surface area contributed by atoms with Crippen LogP contribution in [0.15, 0.2) is 47.4 Å². The van der Waals surface area contributed by atoms with Crippen LogP contribution in [0.25, 0.3) is 0 Å². The van der Waals surface area contributed by atoms with Crippen molar-refractivity contribution < 1.29 is 14.6 Å². The van der Waals surface area contributed by atoms with Gasteiger partial charge in [-0.2, -0.15) is 0 Å². The molecule has 2 aromatic rings. The predicted molar refractivity (Wildman–Crippen MR) is 81.0 cm³/mol. The van der Waals surface area contributed by atoms with Crippen LogP contribution < -0.4 is 4.74 Å². The summed E-state index contributed by atoms with van der Waals surface area (Å²) < 4.78 is 5.29. The lowest BCUT2D eigenvalue weighted by Gasteiger charge is -2.08. The molecule has 0 fully saturated rings. The Morgan fingerprint density at radius 1 is 1.30 bits per heavy atom. The van der Waals surface area contributed by atoms with Crippen molar-refractivity contribution >= 4 is 29.3 Å². The third-order valence-corrected chi connectivity index (χ3v) is 3.95. The third-order valence-electron chi connectivity index (χ3n) is 2.71. The van der Waals surface area contributed by atoms with E-state index < -0.39 is 5.97 Å². The van der Waals surface area contributed by atoms with Gasteiger partial charge in [0.25, 0.3) is 0 Å². The highest BCUT2D eigenvalue weighted by molar-refractivity contribution is 7.98. The Labute approximate surface area is 126 Å². The summed E-state index contributed by atoms with van der Waals surface area (Å²) in [5.74, 6) is 0.524. The van der Waals surface area contributed by atoms with E-state index in [1.807, 2.05) is 24.3 Å². The molecule has 0 aliphatic rings. The van der Waals surface area contributed by atoms with Gasteiger partial charge in [-0.1, -0.05) is 29.8 Å². The maximum Gasteiger partial charge on any atom is 0.335 e. The van der Waals surface area contributed by atoms with E-state index in [-0.39, 0.29) is 5.56 Å². The van der Waals surface area contributed by atoms with Gasteiger partial charge < -0.3 is 9.84 Å². The van der Waals surface area contributed by atoms with Crippen molar-refractivity contribution in [1.29, 1.82) is 0 Å². The van der Waals surface area contributed by atoms with Gasteiger partial charge in [0.15, 0.2) is 0 Å². The molecular formula is C15H13ClO3S. The smallest absolute Gasteiger partial charge is 0.335 e. The lowest BCUT2D eigenvalue weighted by molar-refractivity contribution is 0.0696. The van der Waals surface area contributed by atoms with E-state index in [0.717, 1.165) is 16.2 Å². The number of hydrogen-bond acceptors (Lipinski definition) is 3. The molecule has 5 heteroatoms. The number of thioether (sulfide) groups is 1. The molecule has 104 valence electrons. The summed E-state index contributed by atoms with van der Waals surface area (Å²) in [5, 5.41) is 9.44. The molecular weight excluding hydrogens is 296 g/mol. The Morgan fingerprint density at radius 2 is 2.05 bits per heavy atom. The van der Waals surface area contributed by atoms with Crippen LogP contribution in [0.4, 0.5) is 0 Å². The number of rotatable bonds is 5. The highest BCUT2D eigenvalue weighted by Crippen LogP contribution is 2.30. The van der Waals surface area contributed by atoms with E-state index in [9.17, 15) is 4.79 Å². The number of carbonyl (C=O) groups is 1. The summed E-state index contributed by atoms with van der Waals surface area (Å²) in [6.45, 7) is 0. The second kappa shape index (κ2) is 6.68. The molecule has 0 saturated carbocycles. The van der Waals surface area contributed by atoms with Gasteiger partial charge in [0.1, 0.15) is 5.75 Å². The summed E-state index contributed by atoms with van der Waals surface area (Å²) in [6.07, 6.45) is 0. The van der Waals surface area contributed by atoms with Crippen LogP contribution in [0.3, 0.4) is 0 Å². The predicted octanol–water partition coefficient (Wildman–Crippen LogP) is 4.34. The minimum absolute atomic E-state index is 0.194. The molecule has 0 amide bonds. The van der Waals surface area contributed by atoms with Gasteiger partial charge in [-0.15, -0.1) is 11.8 Å². The Morgan fingerprint density at radius 3 is 2.75 bits per heavy atom. The van der Waals surface area contributed by atoms with Gasteiger partial charge in [0.05, 0.1) is 12.7 Å². The van der Waals surface area contributed by atoms with Gasteiger partial charge in [0.2, 0.25) is 0 Å². The number of aromatic carboxylic acids is 1. The number of hydrogen-bond donors (Lipinski definition) is 1. The zero-order valence-electron chi connectivity index (χ0n) is 10.8. The van der Waals surface area contributed by atoms with Crippen molar-refractivity contribution in [3.05, 3.63) is 58.6 Å². The second-order valence-corrected chi connectivity index (χ2v) is 5.57. The van der Waals surface area contributed by atoms with E-state index in [1.165, 1.54) is 17.8 Å². The van der Waals surface area contributed by atoms with Crippen LogP contribution >= 0.6 is 23.4 Å². The highest BCUT2D eigenvalue weighted by Gasteiger charge is 2.08. The van der Waals surface area contributed by atoms with E-state index >= 15 is 0 Å². The number of halogens is 1. The van der Waals surface area contributed by atoms with E-state index in [0.29, 0.717) is 10.8 Å². The monoisotopic (exact) mass is 308 g/mol. The fourth-order valence-corrected chi connectivity index (χ4v) is 3.03. The Bertz CT molecular complexity index is 628. The molecule has 0 unspecified atom stereocenters. The number of ether oxygens (including phenoxy) is 1. The molecule has 0 radical (unpaired) electrons. The van der Waals surface area contributed by atoms with Crippen molar-refractivity contribution in [2.75, 3.05) is 7.11 Å². The van der Waals surface area contributed by atoms with Crippen LogP contribution in [0, 0.1) is 0 Å². The first kappa shape index (κ1) is 14.8. The minimum atomic E-state index is -0.980. The van der Waals surface area contributed by atoms with E-state index in [2.05, 4.69) is 0 Å². The highest BCUT2D eigenvalue weighted by atomic mass is 35.5. The van der Waals surface area contributed by atoms with Crippen LogP contribution in [0.5, 0.6) is 5.75 Å². The quantitative estimate of drug-likeness (QED) is 0.835. The molecule has 2 aromatic carbocycles. The Kier molecular flexibility index (Phi) is 4.93. The first-order valence-corrected chi connectivity index (χ1v) is 7.25. The summed E-state index contributed by atoms with van der Waals surface area (Å²) >= 11 is 7.45. The second-order valence-electron chi connectivity index (χ2n) is 4.08. The molecule has 1 N–H and O–H groups in total. The van der Waals surface area contributed by atoms with Crippen molar-refractivity contribution in [2.45, 2.75) is 10.6 Å². The van der Waals surface area contributed by atoms with Gasteiger partial charge in [-0.05, 0) is 24.3 Å². The maximum atomic E-state index is 11.0. The van der Waals surface area contributed by atoms with Crippen LogP contribution in [0.1, 0.15) is 15.9 Å². The average molecular weight is 309 g/mol. The summed E-state index contributed by atoms with van der Waals surface area (Å²) in [4.78, 5) is 11.8. The Hall–Kier alpha value is -1.65. The van der Waals surface area contributed by atoms with Crippen LogP contribution in [0.2, 0.25) is 5.02 Å².